The molecule has 0 bridgehead atoms. The zero-order chi connectivity index (χ0) is 57.8. The molecular weight excluding hydrogens is 983 g/mol. The van der Waals surface area contributed by atoms with Crippen LogP contribution in [-0.2, 0) is 14.3 Å². The monoisotopic (exact) mass is 1120 g/mol. The van der Waals surface area contributed by atoms with E-state index in [0.29, 0.717) is 19.4 Å². The van der Waals surface area contributed by atoms with Crippen molar-refractivity contribution < 1.29 is 24.5 Å². The quantitative estimate of drug-likeness (QED) is 0.0320. The summed E-state index contributed by atoms with van der Waals surface area (Å²) in [5.74, 6) is -0.0578. The lowest BCUT2D eigenvalue weighted by atomic mass is 10.0. The number of allylic oxidation sites excluding steroid dienone is 5. The van der Waals surface area contributed by atoms with Crippen LogP contribution in [0.4, 0.5) is 0 Å². The molecule has 2 atom stereocenters. The van der Waals surface area contributed by atoms with Gasteiger partial charge in [0.05, 0.1) is 25.4 Å². The highest BCUT2D eigenvalue weighted by atomic mass is 16.5. The second-order valence-electron chi connectivity index (χ2n) is 24.9. The Hall–Kier alpha value is -1.92. The highest BCUT2D eigenvalue weighted by molar-refractivity contribution is 5.76. The first kappa shape index (κ1) is 78.1. The minimum absolute atomic E-state index is 0.00351. The number of aliphatic hydroxyl groups excluding tert-OH is 2. The lowest BCUT2D eigenvalue weighted by Crippen LogP contribution is -2.45. The summed E-state index contributed by atoms with van der Waals surface area (Å²) in [5, 5.41) is 23.3. The van der Waals surface area contributed by atoms with Crippen molar-refractivity contribution in [2.24, 2.45) is 0 Å². The van der Waals surface area contributed by atoms with E-state index in [2.05, 4.69) is 43.5 Å². The maximum Gasteiger partial charge on any atom is 0.305 e. The van der Waals surface area contributed by atoms with Crippen LogP contribution in [-0.4, -0.2) is 47.4 Å². The molecule has 6 nitrogen and oxygen atoms in total. The van der Waals surface area contributed by atoms with Gasteiger partial charge >= 0.3 is 5.97 Å². The molecule has 0 aliphatic carbocycles. The molecule has 0 heterocycles. The Balaban J connectivity index is 3.38. The van der Waals surface area contributed by atoms with E-state index in [1.807, 2.05) is 6.08 Å². The van der Waals surface area contributed by atoms with Crippen LogP contribution in [0.3, 0.4) is 0 Å². The third-order valence-corrected chi connectivity index (χ3v) is 16.9. The fraction of sp³-hybridized carbons (Fsp3) is 0.892. The third kappa shape index (κ3) is 65.2. The van der Waals surface area contributed by atoms with Gasteiger partial charge in [-0.3, -0.25) is 9.59 Å². The van der Waals surface area contributed by atoms with Crippen molar-refractivity contribution in [3.05, 3.63) is 36.5 Å². The van der Waals surface area contributed by atoms with E-state index >= 15 is 0 Å². The summed E-state index contributed by atoms with van der Waals surface area (Å²) < 4.78 is 5.48. The minimum Gasteiger partial charge on any atom is -0.466 e. The Kier molecular flexibility index (Phi) is 67.9. The lowest BCUT2D eigenvalue weighted by Gasteiger charge is -2.20. The molecule has 0 rings (SSSR count). The molecule has 3 N–H and O–H groups in total. The molecule has 6 heteroatoms. The zero-order valence-electron chi connectivity index (χ0n) is 54.1. The van der Waals surface area contributed by atoms with Gasteiger partial charge in [0.1, 0.15) is 0 Å². The van der Waals surface area contributed by atoms with Crippen molar-refractivity contribution in [3.8, 4) is 0 Å². The van der Waals surface area contributed by atoms with Gasteiger partial charge in [0.2, 0.25) is 5.91 Å². The molecule has 0 fully saturated rings. The predicted molar refractivity (Wildman–Crippen MR) is 352 cm³/mol. The summed E-state index contributed by atoms with van der Waals surface area (Å²) in [7, 11) is 0. The number of unbranched alkanes of at least 4 members (excludes halogenated alkanes) is 53. The molecule has 0 aliphatic heterocycles. The summed E-state index contributed by atoms with van der Waals surface area (Å²) in [5.41, 5.74) is 0. The standard InChI is InChI=1S/C74H141NO5/c1-3-5-7-9-11-13-15-17-19-20-21-22-30-33-36-39-42-46-50-54-58-62-66-72(77)71(70-76)75-73(78)67-63-59-55-51-47-43-40-37-34-31-28-26-24-23-25-27-29-32-35-38-41-45-49-53-57-61-65-69-80-74(79)68-64-60-56-52-48-44-18-16-14-12-10-8-6-4-2/h10,12,16,18,62,66,71-72,76-77H,3-9,11,13-15,17,19-61,63-65,67-70H2,1-2H3,(H,75,78)/b12-10-,18-16-,66-62+. The first-order valence-electron chi connectivity index (χ1n) is 36.3. The van der Waals surface area contributed by atoms with Gasteiger partial charge in [-0.05, 0) is 57.8 Å². The predicted octanol–water partition coefficient (Wildman–Crippen LogP) is 23.5. The number of aliphatic hydroxyl groups is 2. The summed E-state index contributed by atoms with van der Waals surface area (Å²) >= 11 is 0. The van der Waals surface area contributed by atoms with Gasteiger partial charge < -0.3 is 20.3 Å². The molecule has 80 heavy (non-hydrogen) atoms. The smallest absolute Gasteiger partial charge is 0.305 e. The summed E-state index contributed by atoms with van der Waals surface area (Å²) in [6.07, 6.45) is 89.4. The molecule has 0 spiro atoms. The maximum absolute atomic E-state index is 12.5. The van der Waals surface area contributed by atoms with Crippen molar-refractivity contribution in [1.29, 1.82) is 0 Å². The van der Waals surface area contributed by atoms with Crippen LogP contribution >= 0.6 is 0 Å². The Morgan fingerprint density at radius 3 is 0.988 bits per heavy atom. The molecule has 0 aromatic rings. The van der Waals surface area contributed by atoms with Crippen LogP contribution < -0.4 is 5.32 Å². The average Bonchev–Trinajstić information content (AvgIpc) is 3.46. The normalized spacial score (nSPS) is 12.7. The number of rotatable bonds is 68. The number of carbonyl (C=O) groups excluding carboxylic acids is 2. The number of amides is 1. The van der Waals surface area contributed by atoms with Crippen molar-refractivity contribution in [2.45, 2.75) is 411 Å². The van der Waals surface area contributed by atoms with E-state index in [0.717, 1.165) is 51.4 Å². The number of hydrogen-bond acceptors (Lipinski definition) is 5. The number of ether oxygens (including phenoxy) is 1. The van der Waals surface area contributed by atoms with E-state index in [1.165, 1.54) is 321 Å². The summed E-state index contributed by atoms with van der Waals surface area (Å²) in [4.78, 5) is 24.6. The van der Waals surface area contributed by atoms with Crippen LogP contribution in [0.2, 0.25) is 0 Å². The largest absolute Gasteiger partial charge is 0.466 e. The lowest BCUT2D eigenvalue weighted by molar-refractivity contribution is -0.143. The van der Waals surface area contributed by atoms with Crippen LogP contribution in [0.15, 0.2) is 36.5 Å². The van der Waals surface area contributed by atoms with E-state index in [-0.39, 0.29) is 18.5 Å². The Morgan fingerprint density at radius 1 is 0.350 bits per heavy atom. The van der Waals surface area contributed by atoms with E-state index < -0.39 is 12.1 Å². The summed E-state index contributed by atoms with van der Waals surface area (Å²) in [6, 6.07) is -0.627. The van der Waals surface area contributed by atoms with E-state index in [1.54, 1.807) is 6.08 Å². The fourth-order valence-corrected chi connectivity index (χ4v) is 11.4. The topological polar surface area (TPSA) is 95.9 Å². The number of esters is 1. The SMILES string of the molecule is CCCC/C=C\C/C=C\CCCCCCCC(=O)OCCCCCCCCCCCCCCCCCCCCCCCCCCCCCC(=O)NC(CO)C(O)/C=C/CCCCCCCCCCCCCCCCCCCCCC. The average molecular weight is 1120 g/mol. The van der Waals surface area contributed by atoms with Gasteiger partial charge in [0.15, 0.2) is 0 Å². The molecule has 0 aliphatic rings. The molecule has 0 aromatic heterocycles. The molecular formula is C74H141NO5. The summed E-state index contributed by atoms with van der Waals surface area (Å²) in [6.45, 7) is 4.90. The van der Waals surface area contributed by atoms with Crippen molar-refractivity contribution in [1.82, 2.24) is 5.32 Å². The number of hydrogen-bond donors (Lipinski definition) is 3. The number of carbonyl (C=O) groups is 2. The van der Waals surface area contributed by atoms with Crippen molar-refractivity contribution in [2.75, 3.05) is 13.2 Å². The van der Waals surface area contributed by atoms with Gasteiger partial charge in [-0.1, -0.05) is 365 Å². The molecule has 0 radical (unpaired) electrons. The van der Waals surface area contributed by atoms with Crippen LogP contribution in [0.5, 0.6) is 0 Å². The van der Waals surface area contributed by atoms with Gasteiger partial charge in [-0.25, -0.2) is 0 Å². The highest BCUT2D eigenvalue weighted by Crippen LogP contribution is 2.19. The first-order valence-corrected chi connectivity index (χ1v) is 36.3. The van der Waals surface area contributed by atoms with Crippen molar-refractivity contribution in [3.63, 3.8) is 0 Å². The van der Waals surface area contributed by atoms with Crippen LogP contribution in [0.25, 0.3) is 0 Å². The Labute approximate surface area is 500 Å². The third-order valence-electron chi connectivity index (χ3n) is 16.9. The van der Waals surface area contributed by atoms with Gasteiger partial charge in [0.25, 0.3) is 0 Å². The van der Waals surface area contributed by atoms with Crippen LogP contribution in [0, 0.1) is 0 Å². The Morgan fingerprint density at radius 2 is 0.637 bits per heavy atom. The number of nitrogens with one attached hydrogen (secondary N) is 1. The molecule has 0 aromatic carbocycles. The fourth-order valence-electron chi connectivity index (χ4n) is 11.4. The van der Waals surface area contributed by atoms with E-state index in [4.69, 9.17) is 4.74 Å². The Bertz CT molecular complexity index is 1300. The maximum atomic E-state index is 12.5. The van der Waals surface area contributed by atoms with Gasteiger partial charge in [-0.2, -0.15) is 0 Å². The zero-order valence-corrected chi connectivity index (χ0v) is 54.1. The molecule has 1 amide bonds. The molecule has 0 saturated carbocycles. The molecule has 472 valence electrons. The van der Waals surface area contributed by atoms with Crippen LogP contribution in [0.1, 0.15) is 399 Å². The highest BCUT2D eigenvalue weighted by Gasteiger charge is 2.18. The molecule has 2 unspecified atom stereocenters. The minimum atomic E-state index is -0.844. The first-order chi connectivity index (χ1) is 39.5. The second kappa shape index (κ2) is 69.6. The van der Waals surface area contributed by atoms with E-state index in [9.17, 15) is 19.8 Å². The molecule has 0 saturated heterocycles. The van der Waals surface area contributed by atoms with Crippen molar-refractivity contribution >= 4 is 11.9 Å². The van der Waals surface area contributed by atoms with Gasteiger partial charge in [-0.15, -0.1) is 0 Å². The second-order valence-corrected chi connectivity index (χ2v) is 24.9. The van der Waals surface area contributed by atoms with Gasteiger partial charge in [0, 0.05) is 12.8 Å².